The van der Waals surface area contributed by atoms with Crippen LogP contribution in [0.15, 0.2) is 18.3 Å². The van der Waals surface area contributed by atoms with Crippen molar-refractivity contribution in [2.75, 3.05) is 0 Å². The molecule has 1 atom stereocenters. The van der Waals surface area contributed by atoms with E-state index < -0.39 is 5.60 Å². The Bertz CT molecular complexity index is 502. The van der Waals surface area contributed by atoms with Crippen molar-refractivity contribution in [3.63, 3.8) is 0 Å². The summed E-state index contributed by atoms with van der Waals surface area (Å²) >= 11 is 0. The summed E-state index contributed by atoms with van der Waals surface area (Å²) in [5.41, 5.74) is 2.31. The first-order chi connectivity index (χ1) is 9.21. The fourth-order valence-corrected chi connectivity index (χ4v) is 5.32. The fourth-order valence-electron chi connectivity index (χ4n) is 5.32. The minimum Gasteiger partial charge on any atom is -0.389 e. The van der Waals surface area contributed by atoms with E-state index in [0.29, 0.717) is 0 Å². The minimum atomic E-state index is -0.592. The molecule has 1 saturated carbocycles. The van der Waals surface area contributed by atoms with Gasteiger partial charge >= 0.3 is 0 Å². The van der Waals surface area contributed by atoms with Crippen LogP contribution in [0.3, 0.4) is 0 Å². The van der Waals surface area contributed by atoms with Crippen LogP contribution in [0.1, 0.15) is 70.6 Å². The summed E-state index contributed by atoms with van der Waals surface area (Å²) in [6.07, 6.45) is 6.96. The summed E-state index contributed by atoms with van der Waals surface area (Å²) < 4.78 is 0. The summed E-state index contributed by atoms with van der Waals surface area (Å²) in [4.78, 5) is 4.60. The quantitative estimate of drug-likeness (QED) is 0.836. The zero-order valence-electron chi connectivity index (χ0n) is 13.2. The lowest BCUT2D eigenvalue weighted by Gasteiger charge is -2.51. The van der Waals surface area contributed by atoms with Gasteiger partial charge in [0.05, 0.1) is 5.60 Å². The highest BCUT2D eigenvalue weighted by Crippen LogP contribution is 2.56. The standard InChI is InChI=1S/C18H27NO/c1-16(2)10-17(3,4)12-18(20,11-16)14-8-7-13-6-5-9-19-15(13)14/h5-6,9,14,20H,7-8,10-12H2,1-4H3. The molecule has 2 aliphatic rings. The Morgan fingerprint density at radius 2 is 1.75 bits per heavy atom. The second-order valence-corrected chi connectivity index (χ2v) is 8.60. The third-order valence-corrected chi connectivity index (χ3v) is 5.13. The van der Waals surface area contributed by atoms with Crippen LogP contribution in [-0.4, -0.2) is 15.7 Å². The number of aromatic nitrogens is 1. The fraction of sp³-hybridized carbons (Fsp3) is 0.722. The van der Waals surface area contributed by atoms with Crippen LogP contribution in [0.2, 0.25) is 0 Å². The molecule has 1 unspecified atom stereocenters. The Hall–Kier alpha value is -0.890. The molecule has 1 fully saturated rings. The molecule has 0 amide bonds. The van der Waals surface area contributed by atoms with Gasteiger partial charge in [0.25, 0.3) is 0 Å². The molecule has 110 valence electrons. The lowest BCUT2D eigenvalue weighted by Crippen LogP contribution is -2.49. The third kappa shape index (κ3) is 2.39. The van der Waals surface area contributed by atoms with Crippen molar-refractivity contribution >= 4 is 0 Å². The summed E-state index contributed by atoms with van der Waals surface area (Å²) in [5.74, 6) is 0.220. The Balaban J connectivity index is 1.97. The van der Waals surface area contributed by atoms with E-state index in [1.54, 1.807) is 0 Å². The number of pyridine rings is 1. The number of rotatable bonds is 1. The Morgan fingerprint density at radius 1 is 1.10 bits per heavy atom. The van der Waals surface area contributed by atoms with Crippen molar-refractivity contribution in [3.8, 4) is 0 Å². The van der Waals surface area contributed by atoms with Crippen molar-refractivity contribution in [2.45, 2.75) is 71.3 Å². The highest BCUT2D eigenvalue weighted by molar-refractivity contribution is 5.32. The number of hydrogen-bond acceptors (Lipinski definition) is 2. The van der Waals surface area contributed by atoms with E-state index >= 15 is 0 Å². The molecule has 0 radical (unpaired) electrons. The van der Waals surface area contributed by atoms with Gasteiger partial charge in [0.15, 0.2) is 0 Å². The predicted octanol–water partition coefficient (Wildman–Crippen LogP) is 4.08. The van der Waals surface area contributed by atoms with Crippen LogP contribution in [0.5, 0.6) is 0 Å². The zero-order chi connectivity index (χ0) is 14.6. The average Bonchev–Trinajstić information content (AvgIpc) is 2.67. The average molecular weight is 273 g/mol. The number of aliphatic hydroxyl groups is 1. The van der Waals surface area contributed by atoms with E-state index in [0.717, 1.165) is 31.4 Å². The number of aryl methyl sites for hydroxylation is 1. The minimum absolute atomic E-state index is 0.202. The molecule has 2 heteroatoms. The summed E-state index contributed by atoms with van der Waals surface area (Å²) in [6, 6.07) is 4.19. The van der Waals surface area contributed by atoms with Crippen molar-refractivity contribution in [1.29, 1.82) is 0 Å². The van der Waals surface area contributed by atoms with E-state index in [9.17, 15) is 5.11 Å². The van der Waals surface area contributed by atoms with Gasteiger partial charge in [0.2, 0.25) is 0 Å². The van der Waals surface area contributed by atoms with E-state index in [1.165, 1.54) is 12.0 Å². The molecule has 0 saturated heterocycles. The molecule has 2 nitrogen and oxygen atoms in total. The molecule has 20 heavy (non-hydrogen) atoms. The zero-order valence-corrected chi connectivity index (χ0v) is 13.2. The van der Waals surface area contributed by atoms with Crippen LogP contribution >= 0.6 is 0 Å². The Morgan fingerprint density at radius 3 is 2.40 bits per heavy atom. The van der Waals surface area contributed by atoms with E-state index in [4.69, 9.17) is 0 Å². The lowest BCUT2D eigenvalue weighted by atomic mass is 9.56. The number of fused-ring (bicyclic) bond motifs is 1. The van der Waals surface area contributed by atoms with Crippen molar-refractivity contribution in [3.05, 3.63) is 29.6 Å². The maximum atomic E-state index is 11.4. The van der Waals surface area contributed by atoms with Gasteiger partial charge in [-0.15, -0.1) is 0 Å². The molecule has 1 aromatic heterocycles. The summed E-state index contributed by atoms with van der Waals surface area (Å²) in [5, 5.41) is 11.4. The molecule has 0 aliphatic heterocycles. The van der Waals surface area contributed by atoms with Crippen LogP contribution in [0.4, 0.5) is 0 Å². The monoisotopic (exact) mass is 273 g/mol. The molecule has 1 heterocycles. The summed E-state index contributed by atoms with van der Waals surface area (Å²) in [7, 11) is 0. The SMILES string of the molecule is CC1(C)CC(C)(C)CC(O)(C2CCc3cccnc32)C1. The van der Waals surface area contributed by atoms with Gasteiger partial charge in [-0.1, -0.05) is 33.8 Å². The molecule has 1 aromatic rings. The van der Waals surface area contributed by atoms with Gasteiger partial charge in [-0.25, -0.2) is 0 Å². The third-order valence-electron chi connectivity index (χ3n) is 5.13. The van der Waals surface area contributed by atoms with E-state index in [-0.39, 0.29) is 16.7 Å². The molecule has 0 aromatic carbocycles. The Kier molecular flexibility index (Phi) is 3.02. The first-order valence-corrected chi connectivity index (χ1v) is 7.87. The van der Waals surface area contributed by atoms with Gasteiger partial charge in [-0.3, -0.25) is 4.98 Å². The van der Waals surface area contributed by atoms with Crippen LogP contribution in [-0.2, 0) is 6.42 Å². The first-order valence-electron chi connectivity index (χ1n) is 7.87. The Labute approximate surface area is 122 Å². The lowest BCUT2D eigenvalue weighted by molar-refractivity contribution is -0.103. The van der Waals surface area contributed by atoms with Crippen molar-refractivity contribution in [1.82, 2.24) is 4.98 Å². The molecule has 2 aliphatic carbocycles. The highest BCUT2D eigenvalue weighted by Gasteiger charge is 2.52. The highest BCUT2D eigenvalue weighted by atomic mass is 16.3. The van der Waals surface area contributed by atoms with Crippen LogP contribution in [0.25, 0.3) is 0 Å². The maximum Gasteiger partial charge on any atom is 0.0741 e. The molecular formula is C18H27NO. The smallest absolute Gasteiger partial charge is 0.0741 e. The summed E-state index contributed by atoms with van der Waals surface area (Å²) in [6.45, 7) is 9.20. The molecular weight excluding hydrogens is 246 g/mol. The first kappa shape index (κ1) is 14.1. The van der Waals surface area contributed by atoms with E-state index in [2.05, 4.69) is 38.7 Å². The maximum absolute atomic E-state index is 11.4. The largest absolute Gasteiger partial charge is 0.389 e. The van der Waals surface area contributed by atoms with Crippen molar-refractivity contribution in [2.24, 2.45) is 10.8 Å². The molecule has 1 N–H and O–H groups in total. The second-order valence-electron chi connectivity index (χ2n) is 8.60. The molecule has 0 bridgehead atoms. The van der Waals surface area contributed by atoms with Crippen LogP contribution < -0.4 is 0 Å². The van der Waals surface area contributed by atoms with E-state index in [1.807, 2.05) is 12.3 Å². The van der Waals surface area contributed by atoms with Gasteiger partial charge in [-0.2, -0.15) is 0 Å². The van der Waals surface area contributed by atoms with Crippen LogP contribution in [0, 0.1) is 10.8 Å². The van der Waals surface area contributed by atoms with Gasteiger partial charge in [0, 0.05) is 17.8 Å². The topological polar surface area (TPSA) is 33.1 Å². The van der Waals surface area contributed by atoms with Gasteiger partial charge in [0.1, 0.15) is 0 Å². The number of nitrogens with zero attached hydrogens (tertiary/aromatic N) is 1. The van der Waals surface area contributed by atoms with Crippen molar-refractivity contribution < 1.29 is 5.11 Å². The predicted molar refractivity (Wildman–Crippen MR) is 81.7 cm³/mol. The molecule has 0 spiro atoms. The molecule has 3 rings (SSSR count). The second kappa shape index (κ2) is 4.30. The van der Waals surface area contributed by atoms with Gasteiger partial charge in [-0.05, 0) is 54.6 Å². The van der Waals surface area contributed by atoms with Gasteiger partial charge < -0.3 is 5.11 Å². The normalized spacial score (nSPS) is 29.9. The number of hydrogen-bond donors (Lipinski definition) is 1.